The van der Waals surface area contributed by atoms with E-state index in [1.54, 1.807) is 4.57 Å². The fourth-order valence-corrected chi connectivity index (χ4v) is 4.87. The van der Waals surface area contributed by atoms with E-state index in [4.69, 9.17) is 0 Å². The van der Waals surface area contributed by atoms with Crippen molar-refractivity contribution in [3.05, 3.63) is 58.4 Å². The summed E-state index contributed by atoms with van der Waals surface area (Å²) in [4.78, 5) is 32.7. The fraction of sp³-hybridized carbons (Fsp3) is 0.400. The largest absolute Gasteiger partial charge is 0.372 e. The number of thioether (sulfide) groups is 1. The average molecular weight is 451 g/mol. The molecule has 0 bridgehead atoms. The second-order valence-corrected chi connectivity index (χ2v) is 9.19. The van der Waals surface area contributed by atoms with Crippen molar-refractivity contribution in [2.75, 3.05) is 29.1 Å². The number of aryl methyl sites for hydroxylation is 1. The smallest absolute Gasteiger partial charge is 0.262 e. The van der Waals surface area contributed by atoms with E-state index >= 15 is 0 Å². The third-order valence-corrected chi connectivity index (χ3v) is 6.83. The molecule has 0 spiro atoms. The van der Waals surface area contributed by atoms with Crippen molar-refractivity contribution in [1.82, 2.24) is 9.55 Å². The van der Waals surface area contributed by atoms with Crippen LogP contribution in [0.1, 0.15) is 38.2 Å². The molecule has 0 atom stereocenters. The van der Waals surface area contributed by atoms with Crippen LogP contribution >= 0.6 is 11.8 Å². The van der Waals surface area contributed by atoms with Gasteiger partial charge in [0.2, 0.25) is 5.91 Å². The predicted octanol–water partition coefficient (Wildman–Crippen LogP) is 4.84. The number of nitrogens with one attached hydrogen (secondary N) is 1. The zero-order chi connectivity index (χ0) is 22.5. The van der Waals surface area contributed by atoms with Gasteiger partial charge in [-0.05, 0) is 62.1 Å². The SMILES string of the molecule is CCCCn1c(SCC(=O)Nc2ccc(N3CCCC3)cc2C)nc2ccccc2c1=O. The lowest BCUT2D eigenvalue weighted by Crippen LogP contribution is -2.24. The third-order valence-electron chi connectivity index (χ3n) is 5.85. The first-order valence-corrected chi connectivity index (χ1v) is 12.3. The molecule has 7 heteroatoms. The number of nitrogens with zero attached hydrogens (tertiary/aromatic N) is 3. The quantitative estimate of drug-likeness (QED) is 0.393. The molecule has 1 N–H and O–H groups in total. The molecule has 0 aliphatic carbocycles. The van der Waals surface area contributed by atoms with E-state index < -0.39 is 0 Å². The number of carbonyl (C=O) groups excluding carboxylic acids is 1. The summed E-state index contributed by atoms with van der Waals surface area (Å²) in [5.74, 6) is 0.0981. The second-order valence-electron chi connectivity index (χ2n) is 8.25. The first kappa shape index (κ1) is 22.4. The van der Waals surface area contributed by atoms with Crippen molar-refractivity contribution < 1.29 is 4.79 Å². The Kier molecular flexibility index (Phi) is 7.15. The van der Waals surface area contributed by atoms with Crippen LogP contribution in [0, 0.1) is 6.92 Å². The van der Waals surface area contributed by atoms with Crippen molar-refractivity contribution in [3.63, 3.8) is 0 Å². The summed E-state index contributed by atoms with van der Waals surface area (Å²) in [5.41, 5.74) is 3.72. The highest BCUT2D eigenvalue weighted by molar-refractivity contribution is 7.99. The lowest BCUT2D eigenvalue weighted by Gasteiger charge is -2.19. The van der Waals surface area contributed by atoms with Gasteiger partial charge in [-0.2, -0.15) is 0 Å². The summed E-state index contributed by atoms with van der Waals surface area (Å²) in [5, 5.41) is 4.23. The molecule has 6 nitrogen and oxygen atoms in total. The highest BCUT2D eigenvalue weighted by Gasteiger charge is 2.15. The van der Waals surface area contributed by atoms with Gasteiger partial charge in [0.15, 0.2) is 5.16 Å². The van der Waals surface area contributed by atoms with E-state index in [0.29, 0.717) is 22.6 Å². The van der Waals surface area contributed by atoms with Gasteiger partial charge in [-0.25, -0.2) is 4.98 Å². The summed E-state index contributed by atoms with van der Waals surface area (Å²) < 4.78 is 1.71. The van der Waals surface area contributed by atoms with Gasteiger partial charge in [0, 0.05) is 31.0 Å². The van der Waals surface area contributed by atoms with Gasteiger partial charge >= 0.3 is 0 Å². The Bertz CT molecular complexity index is 1170. The summed E-state index contributed by atoms with van der Waals surface area (Å²) >= 11 is 1.31. The lowest BCUT2D eigenvalue weighted by atomic mass is 10.1. The minimum atomic E-state index is -0.100. The van der Waals surface area contributed by atoms with E-state index in [-0.39, 0.29) is 17.2 Å². The molecule has 1 aromatic heterocycles. The zero-order valence-electron chi connectivity index (χ0n) is 18.8. The molecule has 4 rings (SSSR count). The van der Waals surface area contributed by atoms with Crippen LogP contribution in [0.5, 0.6) is 0 Å². The number of fused-ring (bicyclic) bond motifs is 1. The van der Waals surface area contributed by atoms with Crippen molar-refractivity contribution >= 4 is 39.9 Å². The van der Waals surface area contributed by atoms with Crippen molar-refractivity contribution in [2.24, 2.45) is 0 Å². The van der Waals surface area contributed by atoms with Gasteiger partial charge in [0.1, 0.15) is 0 Å². The maximum Gasteiger partial charge on any atom is 0.262 e. The number of anilines is 2. The number of para-hydroxylation sites is 1. The van der Waals surface area contributed by atoms with Crippen LogP contribution < -0.4 is 15.8 Å². The topological polar surface area (TPSA) is 67.2 Å². The standard InChI is InChI=1S/C25H30N4O2S/c1-3-4-15-29-24(31)20-9-5-6-10-22(20)27-25(29)32-17-23(30)26-21-12-11-19(16-18(21)2)28-13-7-8-14-28/h5-6,9-12,16H,3-4,7-8,13-15,17H2,1-2H3,(H,26,30). The van der Waals surface area contributed by atoms with Crippen LogP contribution in [-0.2, 0) is 11.3 Å². The van der Waals surface area contributed by atoms with Gasteiger partial charge in [0.25, 0.3) is 5.56 Å². The van der Waals surface area contributed by atoms with Gasteiger partial charge in [0.05, 0.1) is 16.7 Å². The van der Waals surface area contributed by atoms with Crippen LogP contribution in [0.3, 0.4) is 0 Å². The minimum Gasteiger partial charge on any atom is -0.372 e. The third kappa shape index (κ3) is 4.99. The van der Waals surface area contributed by atoms with Gasteiger partial charge in [-0.3, -0.25) is 14.2 Å². The zero-order valence-corrected chi connectivity index (χ0v) is 19.6. The number of hydrogen-bond donors (Lipinski definition) is 1. The number of rotatable bonds is 8. The highest BCUT2D eigenvalue weighted by Crippen LogP contribution is 2.26. The van der Waals surface area contributed by atoms with Gasteiger partial charge in [-0.15, -0.1) is 0 Å². The van der Waals surface area contributed by atoms with Gasteiger partial charge < -0.3 is 10.2 Å². The Balaban J connectivity index is 1.47. The summed E-state index contributed by atoms with van der Waals surface area (Å²) in [6.07, 6.45) is 4.35. The van der Waals surface area contributed by atoms with E-state index in [1.807, 2.05) is 37.3 Å². The van der Waals surface area contributed by atoms with Crippen molar-refractivity contribution in [1.29, 1.82) is 0 Å². The number of unbranched alkanes of at least 4 members (excludes halogenated alkanes) is 1. The molecule has 168 valence electrons. The van der Waals surface area contributed by atoms with Crippen LogP contribution in [0.15, 0.2) is 52.4 Å². The maximum atomic E-state index is 13.0. The fourth-order valence-electron chi connectivity index (χ4n) is 4.05. The Labute approximate surface area is 193 Å². The van der Waals surface area contributed by atoms with Crippen molar-refractivity contribution in [3.8, 4) is 0 Å². The summed E-state index contributed by atoms with van der Waals surface area (Å²) in [6, 6.07) is 13.6. The second kappa shape index (κ2) is 10.2. The molecule has 1 aliphatic rings. The van der Waals surface area contributed by atoms with Crippen LogP contribution in [0.4, 0.5) is 11.4 Å². The van der Waals surface area contributed by atoms with Crippen LogP contribution in [-0.4, -0.2) is 34.3 Å². The van der Waals surface area contributed by atoms with Crippen LogP contribution in [0.25, 0.3) is 10.9 Å². The minimum absolute atomic E-state index is 0.0414. The first-order valence-electron chi connectivity index (χ1n) is 11.3. The number of hydrogen-bond acceptors (Lipinski definition) is 5. The predicted molar refractivity (Wildman–Crippen MR) is 133 cm³/mol. The molecular formula is C25H30N4O2S. The number of aromatic nitrogens is 2. The summed E-state index contributed by atoms with van der Waals surface area (Å²) in [7, 11) is 0. The van der Waals surface area contributed by atoms with Gasteiger partial charge in [-0.1, -0.05) is 37.2 Å². The first-order chi connectivity index (χ1) is 15.6. The lowest BCUT2D eigenvalue weighted by molar-refractivity contribution is -0.113. The van der Waals surface area contributed by atoms with E-state index in [9.17, 15) is 9.59 Å². The monoisotopic (exact) mass is 450 g/mol. The Hall–Kier alpha value is -2.80. The molecule has 0 unspecified atom stereocenters. The molecule has 0 radical (unpaired) electrons. The number of benzene rings is 2. The molecular weight excluding hydrogens is 420 g/mol. The molecule has 2 aromatic carbocycles. The van der Waals surface area contributed by atoms with E-state index in [1.165, 1.54) is 30.3 Å². The van der Waals surface area contributed by atoms with E-state index in [0.717, 1.165) is 37.2 Å². The Morgan fingerprint density at radius 2 is 1.94 bits per heavy atom. The van der Waals surface area contributed by atoms with Crippen molar-refractivity contribution in [2.45, 2.75) is 51.2 Å². The van der Waals surface area contributed by atoms with E-state index in [2.05, 4.69) is 34.3 Å². The molecule has 2 heterocycles. The summed E-state index contributed by atoms with van der Waals surface area (Å²) in [6.45, 7) is 6.92. The highest BCUT2D eigenvalue weighted by atomic mass is 32.2. The molecule has 0 saturated carbocycles. The molecule has 1 fully saturated rings. The molecule has 3 aromatic rings. The maximum absolute atomic E-state index is 13.0. The molecule has 1 aliphatic heterocycles. The van der Waals surface area contributed by atoms with Crippen LogP contribution in [0.2, 0.25) is 0 Å². The molecule has 32 heavy (non-hydrogen) atoms. The number of carbonyl (C=O) groups is 1. The number of amides is 1. The Morgan fingerprint density at radius 1 is 1.16 bits per heavy atom. The Morgan fingerprint density at radius 3 is 2.69 bits per heavy atom. The normalized spacial score (nSPS) is 13.6. The molecule has 1 saturated heterocycles. The molecule has 1 amide bonds. The average Bonchev–Trinajstić information content (AvgIpc) is 3.34.